The van der Waals surface area contributed by atoms with Crippen molar-refractivity contribution in [3.8, 4) is 0 Å². The van der Waals surface area contributed by atoms with Crippen LogP contribution in [0.4, 0.5) is 18.9 Å². The zero-order chi connectivity index (χ0) is 22.9. The Bertz CT molecular complexity index is 747. The molecule has 0 radical (unpaired) electrons. The van der Waals surface area contributed by atoms with Gasteiger partial charge >= 0.3 is 29.8 Å². The van der Waals surface area contributed by atoms with Gasteiger partial charge in [-0.3, -0.25) is 0 Å². The van der Waals surface area contributed by atoms with Crippen molar-refractivity contribution in [3.63, 3.8) is 0 Å². The number of hydrogen-bond donors (Lipinski definition) is 1. The van der Waals surface area contributed by atoms with Gasteiger partial charge in [0.25, 0.3) is 0 Å². The van der Waals surface area contributed by atoms with Gasteiger partial charge in [0, 0.05) is 6.61 Å². The topological polar surface area (TPSA) is 100 Å². The molecule has 1 N–H and O–H groups in total. The van der Waals surface area contributed by atoms with Crippen molar-refractivity contribution >= 4 is 23.6 Å². The molecule has 0 aliphatic heterocycles. The minimum absolute atomic E-state index is 0.0499. The van der Waals surface area contributed by atoms with Crippen LogP contribution in [-0.2, 0) is 34.7 Å². The van der Waals surface area contributed by atoms with Crippen LogP contribution in [0.5, 0.6) is 0 Å². The molecule has 0 amide bonds. The summed E-state index contributed by atoms with van der Waals surface area (Å²) in [7, 11) is 0. The molecule has 11 heteroatoms. The van der Waals surface area contributed by atoms with Crippen LogP contribution in [0.25, 0.3) is 0 Å². The normalized spacial score (nSPS) is 11.6. The van der Waals surface area contributed by atoms with Gasteiger partial charge in [0.2, 0.25) is 0 Å². The average molecular weight is 435 g/mol. The second-order valence-corrected chi connectivity index (χ2v) is 5.66. The number of benzene rings is 1. The van der Waals surface area contributed by atoms with Crippen LogP contribution in [0, 0.1) is 0 Å². The number of alkyl halides is 3. The van der Waals surface area contributed by atoms with E-state index in [0.29, 0.717) is 12.1 Å². The third kappa shape index (κ3) is 5.85. The first kappa shape index (κ1) is 25.2. The maximum atomic E-state index is 13.2. The van der Waals surface area contributed by atoms with Gasteiger partial charge in [-0.1, -0.05) is 0 Å². The number of carbonyl (C=O) groups excluding carboxylic acids is 3. The molecule has 0 unspecified atom stereocenters. The van der Waals surface area contributed by atoms with E-state index in [0.717, 1.165) is 6.07 Å². The molecule has 0 atom stereocenters. The van der Waals surface area contributed by atoms with Crippen LogP contribution in [0.15, 0.2) is 18.2 Å². The van der Waals surface area contributed by atoms with Crippen LogP contribution in [0.3, 0.4) is 0 Å². The first-order valence-electron chi connectivity index (χ1n) is 9.22. The van der Waals surface area contributed by atoms with Crippen molar-refractivity contribution in [3.05, 3.63) is 29.3 Å². The highest BCUT2D eigenvalue weighted by Crippen LogP contribution is 2.34. The van der Waals surface area contributed by atoms with Gasteiger partial charge in [0.15, 0.2) is 0 Å². The largest absolute Gasteiger partial charge is 0.462 e. The van der Waals surface area contributed by atoms with Crippen molar-refractivity contribution < 1.29 is 46.5 Å². The number of nitrogens with one attached hydrogen (secondary N) is 1. The Morgan fingerprint density at radius 2 is 1.40 bits per heavy atom. The molecule has 0 heterocycles. The van der Waals surface area contributed by atoms with E-state index in [2.05, 4.69) is 5.32 Å². The molecule has 0 fully saturated rings. The van der Waals surface area contributed by atoms with E-state index < -0.39 is 41.1 Å². The van der Waals surface area contributed by atoms with Crippen LogP contribution in [0.2, 0.25) is 0 Å². The molecule has 0 saturated carbocycles. The summed E-state index contributed by atoms with van der Waals surface area (Å²) in [5.74, 6) is -3.44. The van der Waals surface area contributed by atoms with Gasteiger partial charge in [-0.15, -0.1) is 0 Å². The summed E-state index contributed by atoms with van der Waals surface area (Å²) >= 11 is 0. The molecule has 0 aromatic heterocycles. The Hall–Kier alpha value is -2.82. The van der Waals surface area contributed by atoms with E-state index >= 15 is 0 Å². The zero-order valence-electron chi connectivity index (χ0n) is 17.1. The van der Waals surface area contributed by atoms with E-state index in [1.165, 1.54) is 27.7 Å². The Morgan fingerprint density at radius 3 is 1.83 bits per heavy atom. The summed E-state index contributed by atoms with van der Waals surface area (Å²) in [4.78, 5) is 37.5. The Labute approximate surface area is 171 Å². The number of anilines is 1. The first-order chi connectivity index (χ1) is 14.1. The Morgan fingerprint density at radius 1 is 0.867 bits per heavy atom. The lowest BCUT2D eigenvalue weighted by atomic mass is 10.1. The number of carbonyl (C=O) groups is 3. The molecule has 0 aliphatic rings. The lowest BCUT2D eigenvalue weighted by molar-refractivity contribution is -0.186. The van der Waals surface area contributed by atoms with Crippen molar-refractivity contribution in [1.82, 2.24) is 0 Å². The summed E-state index contributed by atoms with van der Waals surface area (Å²) in [5, 5.41) is 2.31. The van der Waals surface area contributed by atoms with Crippen LogP contribution in [-0.4, -0.2) is 50.1 Å². The molecular weight excluding hydrogens is 411 g/mol. The highest BCUT2D eigenvalue weighted by atomic mass is 19.4. The minimum atomic E-state index is -4.76. The predicted octanol–water partition coefficient (Wildman–Crippen LogP) is 3.15. The predicted molar refractivity (Wildman–Crippen MR) is 98.6 cm³/mol. The monoisotopic (exact) mass is 435 g/mol. The number of hydrogen-bond acceptors (Lipinski definition) is 8. The van der Waals surface area contributed by atoms with E-state index in [4.69, 9.17) is 18.9 Å². The number of rotatable bonds is 10. The molecule has 0 bridgehead atoms. The number of esters is 3. The minimum Gasteiger partial charge on any atom is -0.462 e. The Kier molecular flexibility index (Phi) is 9.09. The number of ether oxygens (including phenoxy) is 4. The molecule has 1 aromatic carbocycles. The fourth-order valence-electron chi connectivity index (χ4n) is 2.42. The second kappa shape index (κ2) is 10.8. The fourth-order valence-corrected chi connectivity index (χ4v) is 2.42. The first-order valence-corrected chi connectivity index (χ1v) is 9.22. The van der Waals surface area contributed by atoms with Gasteiger partial charge in [0.1, 0.15) is 0 Å². The Balaban J connectivity index is 3.66. The molecular formula is C19H24F3NO7. The summed E-state index contributed by atoms with van der Waals surface area (Å²) in [6.07, 6.45) is -4.76. The summed E-state index contributed by atoms with van der Waals surface area (Å²) in [6, 6.07) is 2.11. The standard InChI is InChI=1S/C19H24F3NO7/c1-5-27-15(24)13-10-9-12(19(20,21)22)11-14(13)23-18(30-8-4,16(25)28-6-2)17(26)29-7-3/h9-11,23H,5-8H2,1-4H3. The molecule has 30 heavy (non-hydrogen) atoms. The van der Waals surface area contributed by atoms with Gasteiger partial charge in [-0.2, -0.15) is 13.2 Å². The molecule has 1 aromatic rings. The lowest BCUT2D eigenvalue weighted by Crippen LogP contribution is -2.57. The summed E-state index contributed by atoms with van der Waals surface area (Å²) < 4.78 is 59.6. The van der Waals surface area contributed by atoms with Crippen molar-refractivity contribution in [2.45, 2.75) is 39.6 Å². The highest BCUT2D eigenvalue weighted by molar-refractivity contribution is 6.07. The lowest BCUT2D eigenvalue weighted by Gasteiger charge is -2.31. The SMILES string of the molecule is CCOC(=O)c1ccc(C(F)(F)F)cc1NC(OCC)(C(=O)OCC)C(=O)OCC. The van der Waals surface area contributed by atoms with Crippen LogP contribution >= 0.6 is 0 Å². The number of halogens is 3. The maximum absolute atomic E-state index is 13.2. The second-order valence-electron chi connectivity index (χ2n) is 5.66. The molecule has 1 rings (SSSR count). The van der Waals surface area contributed by atoms with Gasteiger partial charge in [0.05, 0.1) is 36.6 Å². The zero-order valence-corrected chi connectivity index (χ0v) is 17.1. The van der Waals surface area contributed by atoms with E-state index in [1.807, 2.05) is 0 Å². The summed E-state index contributed by atoms with van der Waals surface area (Å²) in [6.45, 7) is 5.33. The highest BCUT2D eigenvalue weighted by Gasteiger charge is 2.51. The van der Waals surface area contributed by atoms with Gasteiger partial charge in [-0.25, -0.2) is 14.4 Å². The van der Waals surface area contributed by atoms with Crippen molar-refractivity contribution in [2.24, 2.45) is 0 Å². The van der Waals surface area contributed by atoms with Crippen LogP contribution in [0.1, 0.15) is 43.6 Å². The van der Waals surface area contributed by atoms with Gasteiger partial charge < -0.3 is 24.3 Å². The average Bonchev–Trinajstić information content (AvgIpc) is 2.67. The molecule has 8 nitrogen and oxygen atoms in total. The fraction of sp³-hybridized carbons (Fsp3) is 0.526. The molecule has 168 valence electrons. The quantitative estimate of drug-likeness (QED) is 0.259. The third-order valence-electron chi connectivity index (χ3n) is 3.64. The van der Waals surface area contributed by atoms with Crippen molar-refractivity contribution in [1.29, 1.82) is 0 Å². The smallest absolute Gasteiger partial charge is 0.416 e. The van der Waals surface area contributed by atoms with E-state index in [-0.39, 0.29) is 32.0 Å². The molecule has 0 aliphatic carbocycles. The van der Waals surface area contributed by atoms with Crippen molar-refractivity contribution in [2.75, 3.05) is 31.7 Å². The maximum Gasteiger partial charge on any atom is 0.416 e. The van der Waals surface area contributed by atoms with E-state index in [9.17, 15) is 27.6 Å². The van der Waals surface area contributed by atoms with E-state index in [1.54, 1.807) is 0 Å². The van der Waals surface area contributed by atoms with Gasteiger partial charge in [-0.05, 0) is 45.9 Å². The molecule has 0 spiro atoms. The summed E-state index contributed by atoms with van der Waals surface area (Å²) in [5.41, 5.74) is -4.62. The molecule has 0 saturated heterocycles. The third-order valence-corrected chi connectivity index (χ3v) is 3.64. The van der Waals surface area contributed by atoms with Crippen LogP contribution < -0.4 is 5.32 Å².